The Morgan fingerprint density at radius 1 is 0.939 bits per heavy atom. The van der Waals surface area contributed by atoms with Gasteiger partial charge in [0.15, 0.2) is 0 Å². The van der Waals surface area contributed by atoms with Gasteiger partial charge in [-0.3, -0.25) is 9.98 Å². The molecule has 0 radical (unpaired) electrons. The third-order valence-corrected chi connectivity index (χ3v) is 6.12. The first-order valence-electron chi connectivity index (χ1n) is 10.6. The molecule has 0 amide bonds. The lowest BCUT2D eigenvalue weighted by Crippen LogP contribution is -2.12. The topological polar surface area (TPSA) is 51.8 Å². The smallest absolute Gasteiger partial charge is 0.206 e. The van der Waals surface area contributed by atoms with Crippen molar-refractivity contribution in [1.29, 1.82) is 0 Å². The summed E-state index contributed by atoms with van der Waals surface area (Å²) in [6.07, 6.45) is 3.53. The van der Waals surface area contributed by atoms with E-state index in [9.17, 15) is 0 Å². The van der Waals surface area contributed by atoms with Crippen molar-refractivity contribution in [2.45, 2.75) is 6.54 Å². The minimum Gasteiger partial charge on any atom is -0.497 e. The van der Waals surface area contributed by atoms with Gasteiger partial charge in [-0.05, 0) is 46.7 Å². The molecule has 0 spiro atoms. The molecule has 5 nitrogen and oxygen atoms in total. The molecule has 0 fully saturated rings. The molecule has 0 saturated heterocycles. The molecule has 6 heteroatoms. The number of hydrogen-bond donors (Lipinski definition) is 0. The summed E-state index contributed by atoms with van der Waals surface area (Å²) in [5.41, 5.74) is 4.01. The van der Waals surface area contributed by atoms with Gasteiger partial charge in [0.2, 0.25) is 4.80 Å². The molecule has 162 valence electrons. The maximum atomic E-state index is 5.36. The average Bonchev–Trinajstić information content (AvgIpc) is 3.29. The normalized spacial score (nSPS) is 12.0. The Bertz CT molecular complexity index is 1470. The van der Waals surface area contributed by atoms with Crippen LogP contribution in [0.4, 0.5) is 0 Å². The molecule has 5 rings (SSSR count). The lowest BCUT2D eigenvalue weighted by atomic mass is 10.1. The maximum absolute atomic E-state index is 5.36. The maximum Gasteiger partial charge on any atom is 0.206 e. The van der Waals surface area contributed by atoms with Crippen molar-refractivity contribution >= 4 is 28.3 Å². The third kappa shape index (κ3) is 4.76. The summed E-state index contributed by atoms with van der Waals surface area (Å²) < 4.78 is 7.25. The number of hydrogen-bond acceptors (Lipinski definition) is 5. The first-order chi connectivity index (χ1) is 16.3. The van der Waals surface area contributed by atoms with Crippen LogP contribution in [0.2, 0.25) is 0 Å². The average molecular weight is 451 g/mol. The highest BCUT2D eigenvalue weighted by atomic mass is 32.1. The zero-order valence-electron chi connectivity index (χ0n) is 18.1. The summed E-state index contributed by atoms with van der Waals surface area (Å²) >= 11 is 1.58. The van der Waals surface area contributed by atoms with E-state index in [1.54, 1.807) is 30.9 Å². The lowest BCUT2D eigenvalue weighted by molar-refractivity contribution is 0.415. The molecule has 0 N–H and O–H groups in total. The number of nitrogens with zero attached hydrogens (tertiary/aromatic N) is 4. The third-order valence-electron chi connectivity index (χ3n) is 5.26. The van der Waals surface area contributed by atoms with E-state index in [4.69, 9.17) is 14.8 Å². The van der Waals surface area contributed by atoms with Crippen LogP contribution in [0.1, 0.15) is 11.3 Å². The monoisotopic (exact) mass is 450 g/mol. The van der Waals surface area contributed by atoms with Crippen LogP contribution < -0.4 is 9.54 Å². The lowest BCUT2D eigenvalue weighted by Gasteiger charge is -2.07. The van der Waals surface area contributed by atoms with Crippen LogP contribution in [0.25, 0.3) is 22.0 Å². The highest BCUT2D eigenvalue weighted by Gasteiger charge is 2.09. The first kappa shape index (κ1) is 20.8. The zero-order valence-corrected chi connectivity index (χ0v) is 18.9. The number of benzene rings is 3. The first-order valence-corrected chi connectivity index (χ1v) is 11.5. The van der Waals surface area contributed by atoms with Gasteiger partial charge in [0, 0.05) is 17.1 Å². The summed E-state index contributed by atoms with van der Waals surface area (Å²) in [4.78, 5) is 10.0. The summed E-state index contributed by atoms with van der Waals surface area (Å²) in [6, 6.07) is 28.5. The zero-order chi connectivity index (χ0) is 22.5. The van der Waals surface area contributed by atoms with Gasteiger partial charge in [-0.2, -0.15) is 5.10 Å². The van der Waals surface area contributed by atoms with E-state index >= 15 is 0 Å². The predicted molar refractivity (Wildman–Crippen MR) is 135 cm³/mol. The van der Waals surface area contributed by atoms with Crippen molar-refractivity contribution in [3.63, 3.8) is 0 Å². The Morgan fingerprint density at radius 2 is 1.76 bits per heavy atom. The van der Waals surface area contributed by atoms with Crippen LogP contribution in [-0.4, -0.2) is 23.0 Å². The molecular weight excluding hydrogens is 428 g/mol. The minimum absolute atomic E-state index is 0.595. The van der Waals surface area contributed by atoms with E-state index in [2.05, 4.69) is 46.8 Å². The standard InChI is InChI=1S/C27H22N4OS/c1-32-25-13-12-21-15-23(11-10-22(21)16-25)26-19-33-27(29-17-20-7-3-2-4-8-20)31(26)30-18-24-9-5-6-14-28-24/h2-16,18-19H,17H2,1H3. The van der Waals surface area contributed by atoms with Crippen molar-refractivity contribution in [3.05, 3.63) is 113 Å². The highest BCUT2D eigenvalue weighted by molar-refractivity contribution is 7.07. The van der Waals surface area contributed by atoms with Crippen molar-refractivity contribution in [2.75, 3.05) is 7.11 Å². The molecule has 0 saturated carbocycles. The van der Waals surface area contributed by atoms with Crippen LogP contribution in [0.3, 0.4) is 0 Å². The highest BCUT2D eigenvalue weighted by Crippen LogP contribution is 2.27. The molecule has 0 aliphatic rings. The van der Waals surface area contributed by atoms with E-state index in [1.807, 2.05) is 53.2 Å². The molecule has 0 aliphatic heterocycles. The van der Waals surface area contributed by atoms with Gasteiger partial charge in [-0.1, -0.05) is 54.6 Å². The van der Waals surface area contributed by atoms with E-state index in [1.165, 1.54) is 0 Å². The van der Waals surface area contributed by atoms with Crippen LogP contribution in [-0.2, 0) is 6.54 Å². The Labute approximate surface area is 196 Å². The minimum atomic E-state index is 0.595. The van der Waals surface area contributed by atoms with Gasteiger partial charge < -0.3 is 4.74 Å². The van der Waals surface area contributed by atoms with E-state index in [0.29, 0.717) is 6.54 Å². The number of pyridine rings is 1. The molecule has 3 aromatic carbocycles. The van der Waals surface area contributed by atoms with Gasteiger partial charge in [0.05, 0.1) is 31.3 Å². The molecule has 33 heavy (non-hydrogen) atoms. The van der Waals surface area contributed by atoms with E-state index in [-0.39, 0.29) is 0 Å². The number of rotatable bonds is 6. The fraction of sp³-hybridized carbons (Fsp3) is 0.0741. The second-order valence-corrected chi connectivity index (χ2v) is 8.28. The number of thiazole rings is 1. The van der Waals surface area contributed by atoms with Gasteiger partial charge in [-0.25, -0.2) is 4.68 Å². The fourth-order valence-electron chi connectivity index (χ4n) is 3.54. The summed E-state index contributed by atoms with van der Waals surface area (Å²) in [5.74, 6) is 0.850. The van der Waals surface area contributed by atoms with Crippen molar-refractivity contribution in [2.24, 2.45) is 10.1 Å². The summed E-state index contributed by atoms with van der Waals surface area (Å²) in [6.45, 7) is 0.595. The largest absolute Gasteiger partial charge is 0.497 e. The summed E-state index contributed by atoms with van der Waals surface area (Å²) in [5, 5.41) is 9.13. The number of methoxy groups -OCH3 is 1. The number of ether oxygens (including phenoxy) is 1. The van der Waals surface area contributed by atoms with Gasteiger partial charge in [-0.15, -0.1) is 11.3 Å². The van der Waals surface area contributed by atoms with Crippen LogP contribution in [0.5, 0.6) is 5.75 Å². The van der Waals surface area contributed by atoms with Gasteiger partial charge in [0.25, 0.3) is 0 Å². The van der Waals surface area contributed by atoms with Crippen LogP contribution in [0, 0.1) is 0 Å². The molecule has 0 bridgehead atoms. The molecule has 0 unspecified atom stereocenters. The molecule has 5 aromatic rings. The second-order valence-electron chi connectivity index (χ2n) is 7.44. The van der Waals surface area contributed by atoms with Crippen LogP contribution in [0.15, 0.2) is 107 Å². The SMILES string of the molecule is COc1ccc2cc(-c3csc(=NCc4ccccc4)n3N=Cc3ccccn3)ccc2c1. The molecular formula is C27H22N4OS. The summed E-state index contributed by atoms with van der Waals surface area (Å²) in [7, 11) is 1.68. The fourth-order valence-corrected chi connectivity index (χ4v) is 4.38. The molecule has 2 aromatic heterocycles. The Morgan fingerprint density at radius 3 is 2.58 bits per heavy atom. The van der Waals surface area contributed by atoms with Gasteiger partial charge in [0.1, 0.15) is 5.75 Å². The second kappa shape index (κ2) is 9.63. The predicted octanol–water partition coefficient (Wildman–Crippen LogP) is 5.76. The molecule has 0 atom stereocenters. The van der Waals surface area contributed by atoms with Gasteiger partial charge >= 0.3 is 0 Å². The number of aromatic nitrogens is 2. The molecule has 2 heterocycles. The van der Waals surface area contributed by atoms with Crippen molar-refractivity contribution in [1.82, 2.24) is 9.66 Å². The van der Waals surface area contributed by atoms with E-state index < -0.39 is 0 Å². The Kier molecular flexibility index (Phi) is 6.08. The number of fused-ring (bicyclic) bond motifs is 1. The van der Waals surface area contributed by atoms with Crippen molar-refractivity contribution < 1.29 is 4.74 Å². The molecule has 0 aliphatic carbocycles. The Balaban J connectivity index is 1.58. The quantitative estimate of drug-likeness (QED) is 0.309. The van der Waals surface area contributed by atoms with Crippen molar-refractivity contribution in [3.8, 4) is 17.0 Å². The van der Waals surface area contributed by atoms with Crippen LogP contribution >= 0.6 is 11.3 Å². The van der Waals surface area contributed by atoms with E-state index in [0.717, 1.165) is 43.8 Å². The Hall–Kier alpha value is -4.03.